The molecule has 2 heterocycles. The SMILES string of the molecule is C[C@H](Oc1ccc2c3c(c(=O)oc2c1)CCCCC3)C(=O)Nc1cccc(S(=O)(=O)N2CCOCC2)c1. The Kier molecular flexibility index (Phi) is 7.32. The van der Waals surface area contributed by atoms with Crippen molar-refractivity contribution in [3.8, 4) is 5.75 Å². The third kappa shape index (κ3) is 5.41. The van der Waals surface area contributed by atoms with Gasteiger partial charge < -0.3 is 19.2 Å². The second kappa shape index (κ2) is 10.6. The van der Waals surface area contributed by atoms with Crippen LogP contribution in [-0.4, -0.2) is 51.0 Å². The maximum absolute atomic E-state index is 12.9. The highest BCUT2D eigenvalue weighted by Crippen LogP contribution is 2.29. The average molecular weight is 527 g/mol. The van der Waals surface area contributed by atoms with E-state index in [-0.39, 0.29) is 10.5 Å². The number of carbonyl (C=O) groups excluding carboxylic acids is 1. The van der Waals surface area contributed by atoms with Crippen LogP contribution in [0.4, 0.5) is 5.69 Å². The van der Waals surface area contributed by atoms with E-state index in [1.165, 1.54) is 16.4 Å². The summed E-state index contributed by atoms with van der Waals surface area (Å²) in [5.41, 5.74) is 2.30. The molecule has 1 atom stereocenters. The lowest BCUT2D eigenvalue weighted by Crippen LogP contribution is -2.40. The number of hydrogen-bond acceptors (Lipinski definition) is 7. The van der Waals surface area contributed by atoms with Crippen LogP contribution in [0.2, 0.25) is 0 Å². The molecule has 1 aliphatic heterocycles. The highest BCUT2D eigenvalue weighted by molar-refractivity contribution is 7.89. The lowest BCUT2D eigenvalue weighted by atomic mass is 10.0. The molecule has 3 aromatic rings. The van der Waals surface area contributed by atoms with Crippen LogP contribution in [0.3, 0.4) is 0 Å². The molecule has 10 heteroatoms. The summed E-state index contributed by atoms with van der Waals surface area (Å²) in [6, 6.07) is 11.4. The molecule has 1 amide bonds. The largest absolute Gasteiger partial charge is 0.481 e. The van der Waals surface area contributed by atoms with Gasteiger partial charge in [-0.25, -0.2) is 13.2 Å². The molecule has 37 heavy (non-hydrogen) atoms. The first kappa shape index (κ1) is 25.4. The summed E-state index contributed by atoms with van der Waals surface area (Å²) in [7, 11) is -3.69. The van der Waals surface area contributed by atoms with E-state index in [1.54, 1.807) is 31.2 Å². The Morgan fingerprint density at radius 3 is 2.57 bits per heavy atom. The second-order valence-electron chi connectivity index (χ2n) is 9.36. The quantitative estimate of drug-likeness (QED) is 0.386. The Bertz CT molecular complexity index is 1480. The van der Waals surface area contributed by atoms with Crippen molar-refractivity contribution >= 4 is 32.6 Å². The van der Waals surface area contributed by atoms with E-state index in [1.807, 2.05) is 6.07 Å². The summed E-state index contributed by atoms with van der Waals surface area (Å²) < 4.78 is 43.9. The van der Waals surface area contributed by atoms with E-state index in [9.17, 15) is 18.0 Å². The zero-order chi connectivity index (χ0) is 26.0. The van der Waals surface area contributed by atoms with Gasteiger partial charge in [-0.2, -0.15) is 4.31 Å². The minimum Gasteiger partial charge on any atom is -0.481 e. The average Bonchev–Trinajstić information content (AvgIpc) is 3.16. The zero-order valence-corrected chi connectivity index (χ0v) is 21.5. The Morgan fingerprint density at radius 1 is 1.03 bits per heavy atom. The third-order valence-corrected chi connectivity index (χ3v) is 8.73. The fraction of sp³-hybridized carbons (Fsp3) is 0.407. The van der Waals surface area contributed by atoms with Gasteiger partial charge in [-0.3, -0.25) is 4.79 Å². The van der Waals surface area contributed by atoms with Crippen LogP contribution in [0, 0.1) is 0 Å². The molecular formula is C27H30N2O7S. The summed E-state index contributed by atoms with van der Waals surface area (Å²) in [6.45, 7) is 2.88. The molecular weight excluding hydrogens is 496 g/mol. The standard InChI is InChI=1S/C27H30N2O7S/c1-18(26(30)28-19-6-5-7-21(16-19)37(32,33)29-12-14-34-15-13-29)35-20-10-11-23-22-8-3-2-4-9-24(22)27(31)36-25(23)17-20/h5-7,10-11,16-18H,2-4,8-9,12-15H2,1H3,(H,28,30)/t18-/m0/s1. The predicted octanol–water partition coefficient (Wildman–Crippen LogP) is 3.49. The highest BCUT2D eigenvalue weighted by Gasteiger charge is 2.27. The van der Waals surface area contributed by atoms with Gasteiger partial charge in [0, 0.05) is 35.8 Å². The summed E-state index contributed by atoms with van der Waals surface area (Å²) >= 11 is 0. The smallest absolute Gasteiger partial charge is 0.339 e. The summed E-state index contributed by atoms with van der Waals surface area (Å²) in [4.78, 5) is 25.5. The van der Waals surface area contributed by atoms with Gasteiger partial charge in [-0.15, -0.1) is 0 Å². The highest BCUT2D eigenvalue weighted by atomic mass is 32.2. The van der Waals surface area contributed by atoms with Crippen LogP contribution in [-0.2, 0) is 32.4 Å². The molecule has 0 spiro atoms. The van der Waals surface area contributed by atoms with Crippen molar-refractivity contribution in [2.75, 3.05) is 31.6 Å². The molecule has 1 N–H and O–H groups in total. The summed E-state index contributed by atoms with van der Waals surface area (Å²) in [5, 5.41) is 3.63. The van der Waals surface area contributed by atoms with E-state index >= 15 is 0 Å². The first-order valence-electron chi connectivity index (χ1n) is 12.6. The number of nitrogens with zero attached hydrogens (tertiary/aromatic N) is 1. The summed E-state index contributed by atoms with van der Waals surface area (Å²) in [5.74, 6) is -0.0417. The van der Waals surface area contributed by atoms with E-state index in [2.05, 4.69) is 5.32 Å². The van der Waals surface area contributed by atoms with Crippen LogP contribution in [0.5, 0.6) is 5.75 Å². The number of carbonyl (C=O) groups is 1. The number of hydrogen-bond donors (Lipinski definition) is 1. The minimum absolute atomic E-state index is 0.101. The first-order valence-corrected chi connectivity index (χ1v) is 14.0. The van der Waals surface area contributed by atoms with E-state index in [0.717, 1.165) is 48.6 Å². The number of ether oxygens (including phenoxy) is 2. The van der Waals surface area contributed by atoms with Crippen molar-refractivity contribution in [1.29, 1.82) is 0 Å². The van der Waals surface area contributed by atoms with Gasteiger partial charge in [-0.05, 0) is 68.5 Å². The molecule has 1 aromatic heterocycles. The van der Waals surface area contributed by atoms with Crippen molar-refractivity contribution in [2.24, 2.45) is 0 Å². The number of aryl methyl sites for hydroxylation is 1. The van der Waals surface area contributed by atoms with Crippen LogP contribution in [0.25, 0.3) is 11.0 Å². The first-order chi connectivity index (χ1) is 17.8. The lowest BCUT2D eigenvalue weighted by Gasteiger charge is -2.26. The number of benzene rings is 2. The number of nitrogens with one attached hydrogen (secondary N) is 1. The molecule has 2 aromatic carbocycles. The van der Waals surface area contributed by atoms with E-state index < -0.39 is 22.0 Å². The van der Waals surface area contributed by atoms with Crippen molar-refractivity contribution < 1.29 is 27.1 Å². The van der Waals surface area contributed by atoms with Crippen LogP contribution < -0.4 is 15.7 Å². The topological polar surface area (TPSA) is 115 Å². The molecule has 2 aliphatic rings. The van der Waals surface area contributed by atoms with Crippen LogP contribution in [0.15, 0.2) is 56.6 Å². The number of amides is 1. The number of morpholine rings is 1. The van der Waals surface area contributed by atoms with E-state index in [4.69, 9.17) is 13.9 Å². The van der Waals surface area contributed by atoms with Gasteiger partial charge in [0.15, 0.2) is 6.10 Å². The Balaban J connectivity index is 1.30. The Hall–Kier alpha value is -3.21. The molecule has 0 radical (unpaired) electrons. The van der Waals surface area contributed by atoms with Crippen molar-refractivity contribution in [3.05, 3.63) is 64.0 Å². The molecule has 1 aliphatic carbocycles. The fourth-order valence-electron chi connectivity index (χ4n) is 4.85. The molecule has 9 nitrogen and oxygen atoms in total. The van der Waals surface area contributed by atoms with Crippen molar-refractivity contribution in [1.82, 2.24) is 4.31 Å². The lowest BCUT2D eigenvalue weighted by molar-refractivity contribution is -0.122. The van der Waals surface area contributed by atoms with Gasteiger partial charge in [0.05, 0.1) is 18.1 Å². The zero-order valence-electron chi connectivity index (χ0n) is 20.7. The molecule has 1 saturated heterocycles. The molecule has 5 rings (SSSR count). The Morgan fingerprint density at radius 2 is 1.78 bits per heavy atom. The third-order valence-electron chi connectivity index (χ3n) is 6.84. The fourth-order valence-corrected chi connectivity index (χ4v) is 6.30. The monoisotopic (exact) mass is 526 g/mol. The molecule has 0 saturated carbocycles. The normalized spacial score (nSPS) is 17.5. The predicted molar refractivity (Wildman–Crippen MR) is 138 cm³/mol. The van der Waals surface area contributed by atoms with Gasteiger partial charge in [0.2, 0.25) is 10.0 Å². The van der Waals surface area contributed by atoms with Crippen LogP contribution >= 0.6 is 0 Å². The second-order valence-corrected chi connectivity index (χ2v) is 11.3. The van der Waals surface area contributed by atoms with E-state index in [0.29, 0.717) is 43.3 Å². The van der Waals surface area contributed by atoms with Gasteiger partial charge >= 0.3 is 5.63 Å². The van der Waals surface area contributed by atoms with Gasteiger partial charge in [0.1, 0.15) is 11.3 Å². The molecule has 0 bridgehead atoms. The molecule has 0 unspecified atom stereocenters. The Labute approximate surface area is 215 Å². The number of sulfonamides is 1. The molecule has 1 fully saturated rings. The minimum atomic E-state index is -3.69. The summed E-state index contributed by atoms with van der Waals surface area (Å²) in [6.07, 6.45) is 3.81. The number of anilines is 1. The maximum atomic E-state index is 12.9. The molecule has 196 valence electrons. The number of rotatable bonds is 6. The van der Waals surface area contributed by atoms with Gasteiger partial charge in [0.25, 0.3) is 5.91 Å². The van der Waals surface area contributed by atoms with Crippen molar-refractivity contribution in [2.45, 2.75) is 50.0 Å². The van der Waals surface area contributed by atoms with Crippen LogP contribution in [0.1, 0.15) is 37.3 Å². The van der Waals surface area contributed by atoms with Crippen molar-refractivity contribution in [3.63, 3.8) is 0 Å². The number of fused-ring (bicyclic) bond motifs is 3. The maximum Gasteiger partial charge on any atom is 0.339 e. The van der Waals surface area contributed by atoms with Gasteiger partial charge in [-0.1, -0.05) is 12.5 Å².